The van der Waals surface area contributed by atoms with E-state index >= 15 is 0 Å². The van der Waals surface area contributed by atoms with Crippen LogP contribution in [0, 0.1) is 5.41 Å². The number of carbonyl (C=O) groups excluding carboxylic acids is 1. The van der Waals surface area contributed by atoms with Gasteiger partial charge in [0, 0.05) is 32.7 Å². The first kappa shape index (κ1) is 21.2. The van der Waals surface area contributed by atoms with E-state index in [2.05, 4.69) is 0 Å². The fourth-order valence-corrected chi connectivity index (χ4v) is 3.96. The summed E-state index contributed by atoms with van der Waals surface area (Å²) in [6.45, 7) is 2.65. The number of pyridine rings is 1. The normalized spacial score (nSPS) is 12.3. The number of aliphatic hydroxyl groups excluding tert-OH is 1. The maximum Gasteiger partial charge on any atom is 0.335 e. The van der Waals surface area contributed by atoms with Gasteiger partial charge >= 0.3 is 5.97 Å². The highest BCUT2D eigenvalue weighted by Gasteiger charge is 2.24. The second-order valence-electron chi connectivity index (χ2n) is 7.35. The Balaban J connectivity index is 2.34. The van der Waals surface area contributed by atoms with Gasteiger partial charge in [0.25, 0.3) is 11.1 Å². The zero-order valence-electron chi connectivity index (χ0n) is 16.8. The van der Waals surface area contributed by atoms with Crippen LogP contribution in [0.1, 0.15) is 34.6 Å². The van der Waals surface area contributed by atoms with Crippen LogP contribution in [0.3, 0.4) is 0 Å². The molecule has 0 unspecified atom stereocenters. The van der Waals surface area contributed by atoms with Gasteiger partial charge in [-0.15, -0.1) is 0 Å². The van der Waals surface area contributed by atoms with Crippen LogP contribution in [-0.4, -0.2) is 26.5 Å². The molecular weight excluding hydrogens is 436 g/mol. The maximum atomic E-state index is 13.4. The number of rotatable bonds is 3. The molecule has 160 valence electrons. The van der Waals surface area contributed by atoms with Gasteiger partial charge in [0.2, 0.25) is 0 Å². The van der Waals surface area contributed by atoms with Crippen LogP contribution in [0.5, 0.6) is 0 Å². The topological polar surface area (TPSA) is 138 Å². The van der Waals surface area contributed by atoms with Crippen molar-refractivity contribution in [2.24, 2.45) is 0 Å². The molecule has 0 bridgehead atoms. The number of benzene rings is 3. The van der Waals surface area contributed by atoms with Crippen LogP contribution in [0.25, 0.3) is 33.3 Å². The van der Waals surface area contributed by atoms with E-state index in [0.717, 1.165) is 10.6 Å². The Morgan fingerprint density at radius 2 is 1.59 bits per heavy atom. The average molecular weight is 451 g/mol. The van der Waals surface area contributed by atoms with E-state index in [0.29, 0.717) is 0 Å². The lowest BCUT2D eigenvalue weighted by Crippen LogP contribution is -2.38. The molecule has 2 aromatic rings. The van der Waals surface area contributed by atoms with E-state index in [-0.39, 0.29) is 65.9 Å². The summed E-state index contributed by atoms with van der Waals surface area (Å²) < 4.78 is 0.746. The molecule has 2 aliphatic rings. The second kappa shape index (κ2) is 7.28. The lowest BCUT2D eigenvalue weighted by Gasteiger charge is -2.17. The third kappa shape index (κ3) is 3.04. The molecule has 1 aliphatic carbocycles. The van der Waals surface area contributed by atoms with Crippen molar-refractivity contribution in [1.29, 1.82) is 5.41 Å². The average Bonchev–Trinajstić information content (AvgIpc) is 2.73. The molecule has 4 rings (SSSR count). The van der Waals surface area contributed by atoms with Gasteiger partial charge in [-0.25, -0.2) is 9.36 Å². The Morgan fingerprint density at radius 3 is 2.19 bits per heavy atom. The number of aliphatic hydroxyl groups is 1. The molecule has 8 nitrogen and oxygen atoms in total. The minimum Gasteiger partial charge on any atom is -0.512 e. The maximum absolute atomic E-state index is 13.4. The molecule has 32 heavy (non-hydrogen) atoms. The number of nitrogens with zero attached hydrogens (tertiary/aromatic N) is 1. The molecule has 2 aromatic carbocycles. The van der Waals surface area contributed by atoms with Gasteiger partial charge in [-0.05, 0) is 50.2 Å². The largest absolute Gasteiger partial charge is 0.512 e. The number of hydrogen-bond donors (Lipinski definition) is 3. The summed E-state index contributed by atoms with van der Waals surface area (Å²) in [5, 5.41) is 27.9. The summed E-state index contributed by atoms with van der Waals surface area (Å²) in [6, 6.07) is 7.66. The lowest BCUT2D eigenvalue weighted by molar-refractivity contribution is 0.0696. The van der Waals surface area contributed by atoms with E-state index in [4.69, 9.17) is 17.0 Å². The molecule has 9 heteroatoms. The molecule has 0 saturated heterocycles. The Morgan fingerprint density at radius 1 is 0.938 bits per heavy atom. The summed E-state index contributed by atoms with van der Waals surface area (Å²) in [6.07, 6.45) is 0. The fraction of sp³-hybridized carbons (Fsp3) is 0.0870. The Labute approximate surface area is 184 Å². The van der Waals surface area contributed by atoms with Crippen LogP contribution in [0.4, 0.5) is 0 Å². The molecule has 3 N–H and O–H groups in total. The number of hydrogen-bond acceptors (Lipinski definition) is 6. The van der Waals surface area contributed by atoms with Gasteiger partial charge in [0.15, 0.2) is 5.78 Å². The number of aromatic nitrogens is 1. The first-order valence-electron chi connectivity index (χ1n) is 9.34. The molecule has 0 aromatic heterocycles. The van der Waals surface area contributed by atoms with E-state index in [1.807, 2.05) is 0 Å². The van der Waals surface area contributed by atoms with Gasteiger partial charge in [-0.2, -0.15) is 0 Å². The van der Waals surface area contributed by atoms with Crippen LogP contribution < -0.4 is 21.7 Å². The zero-order chi connectivity index (χ0) is 23.5. The molecular formula is C23H15ClN2O6. The molecule has 0 amide bonds. The zero-order valence-corrected chi connectivity index (χ0v) is 17.6. The quantitative estimate of drug-likeness (QED) is 0.409. The van der Waals surface area contributed by atoms with Crippen molar-refractivity contribution in [2.75, 3.05) is 0 Å². The van der Waals surface area contributed by atoms with Gasteiger partial charge in [-0.3, -0.25) is 19.8 Å². The minimum absolute atomic E-state index is 0.00487. The van der Waals surface area contributed by atoms with Crippen LogP contribution in [0.15, 0.2) is 46.0 Å². The molecule has 0 radical (unpaired) electrons. The van der Waals surface area contributed by atoms with Gasteiger partial charge in [-0.1, -0.05) is 11.6 Å². The van der Waals surface area contributed by atoms with Gasteiger partial charge in [0.05, 0.1) is 27.4 Å². The SMILES string of the molecule is CC(=O)c1cc2c3c(c1)c(=O)n(-c1cc(C(=O)O)ccc1Cl)c(=O)c-3c/c(=C(\C)O)c2=N. The number of nitrogens with one attached hydrogen (secondary N) is 1. The van der Waals surface area contributed by atoms with E-state index < -0.39 is 17.1 Å². The number of carbonyl (C=O) groups is 2. The van der Waals surface area contributed by atoms with Crippen molar-refractivity contribution in [3.63, 3.8) is 0 Å². The van der Waals surface area contributed by atoms with Crippen LogP contribution >= 0.6 is 11.6 Å². The summed E-state index contributed by atoms with van der Waals surface area (Å²) >= 11 is 6.22. The monoisotopic (exact) mass is 450 g/mol. The number of aromatic carboxylic acids is 1. The highest BCUT2D eigenvalue weighted by Crippen LogP contribution is 2.28. The van der Waals surface area contributed by atoms with Crippen molar-refractivity contribution in [1.82, 2.24) is 4.57 Å². The smallest absolute Gasteiger partial charge is 0.335 e. The summed E-state index contributed by atoms with van der Waals surface area (Å²) in [5.74, 6) is -1.85. The van der Waals surface area contributed by atoms with Crippen molar-refractivity contribution in [3.05, 3.63) is 83.8 Å². The molecule has 0 fully saturated rings. The first-order chi connectivity index (χ1) is 15.0. The van der Waals surface area contributed by atoms with Crippen molar-refractivity contribution >= 4 is 39.9 Å². The second-order valence-corrected chi connectivity index (χ2v) is 7.76. The fourth-order valence-electron chi connectivity index (χ4n) is 3.76. The number of halogens is 1. The molecule has 0 spiro atoms. The Bertz CT molecular complexity index is 1670. The predicted molar refractivity (Wildman–Crippen MR) is 118 cm³/mol. The summed E-state index contributed by atoms with van der Waals surface area (Å²) in [4.78, 5) is 50.4. The molecule has 1 heterocycles. The van der Waals surface area contributed by atoms with Crippen LogP contribution in [-0.2, 0) is 0 Å². The van der Waals surface area contributed by atoms with Crippen LogP contribution in [0.2, 0.25) is 5.02 Å². The van der Waals surface area contributed by atoms with Gasteiger partial charge in [0.1, 0.15) is 0 Å². The highest BCUT2D eigenvalue weighted by atomic mass is 35.5. The Kier molecular flexibility index (Phi) is 4.82. The van der Waals surface area contributed by atoms with E-state index in [1.165, 1.54) is 44.2 Å². The number of ketones is 1. The van der Waals surface area contributed by atoms with Crippen molar-refractivity contribution < 1.29 is 19.8 Å². The van der Waals surface area contributed by atoms with Crippen molar-refractivity contribution in [3.8, 4) is 16.8 Å². The molecule has 0 saturated carbocycles. The van der Waals surface area contributed by atoms with Gasteiger partial charge < -0.3 is 10.2 Å². The van der Waals surface area contributed by atoms with E-state index in [9.17, 15) is 29.4 Å². The summed E-state index contributed by atoms with van der Waals surface area (Å²) in [5.41, 5.74) is -1.57. The minimum atomic E-state index is -1.27. The first-order valence-corrected chi connectivity index (χ1v) is 9.72. The summed E-state index contributed by atoms with van der Waals surface area (Å²) in [7, 11) is 0. The predicted octanol–water partition coefficient (Wildman–Crippen LogP) is 2.33. The highest BCUT2D eigenvalue weighted by molar-refractivity contribution is 6.32. The molecule has 0 atom stereocenters. The standard InChI is InChI=1S/C23H15ClN2O6/c1-9(27)12-5-14-19-15(6-12)21(29)26(18-7-11(23(31)32)3-4-17(18)24)22(30)16(19)8-13(10(2)28)20(14)25/h3-8,25,28H,1-2H3,(H,31,32)/b13-10-,25-20?. The number of carboxylic acids is 1. The Hall–Kier alpha value is -4.04. The molecule has 1 aliphatic heterocycles. The number of carboxylic acid groups (broad SMARTS) is 1. The number of Topliss-reactive ketones (excluding diaryl/α,β-unsaturated/α-hetero) is 1. The van der Waals surface area contributed by atoms with Crippen molar-refractivity contribution in [2.45, 2.75) is 13.8 Å². The third-order valence-electron chi connectivity index (χ3n) is 5.33. The van der Waals surface area contributed by atoms with E-state index in [1.54, 1.807) is 0 Å². The third-order valence-corrected chi connectivity index (χ3v) is 5.65. The lowest BCUT2D eigenvalue weighted by atomic mass is 9.91.